The minimum Gasteiger partial charge on any atom is -0.346 e. The predicted octanol–water partition coefficient (Wildman–Crippen LogP) is 3.17. The van der Waals surface area contributed by atoms with Crippen molar-refractivity contribution < 1.29 is 8.42 Å². The molecular formula is C16H14N2O2S. The summed E-state index contributed by atoms with van der Waals surface area (Å²) in [7, 11) is -3.15. The van der Waals surface area contributed by atoms with E-state index in [9.17, 15) is 8.42 Å². The summed E-state index contributed by atoms with van der Waals surface area (Å²) in [6.07, 6.45) is 5.17. The lowest BCUT2D eigenvalue weighted by Gasteiger charge is -2.06. The quantitative estimate of drug-likeness (QED) is 0.808. The molecule has 0 saturated heterocycles. The Morgan fingerprint density at radius 3 is 2.76 bits per heavy atom. The van der Waals surface area contributed by atoms with Crippen LogP contribution in [0.2, 0.25) is 0 Å². The summed E-state index contributed by atoms with van der Waals surface area (Å²) in [6, 6.07) is 11.1. The predicted molar refractivity (Wildman–Crippen MR) is 81.7 cm³/mol. The topological polar surface area (TPSA) is 62.8 Å². The van der Waals surface area contributed by atoms with Gasteiger partial charge in [-0.05, 0) is 42.7 Å². The van der Waals surface area contributed by atoms with Crippen LogP contribution >= 0.6 is 0 Å². The number of aromatic amines is 1. The Kier molecular flexibility index (Phi) is 2.65. The highest BCUT2D eigenvalue weighted by molar-refractivity contribution is 7.92. The number of nitrogens with one attached hydrogen (secondary N) is 1. The van der Waals surface area contributed by atoms with Gasteiger partial charge in [-0.1, -0.05) is 12.1 Å². The molecule has 0 amide bonds. The number of rotatable bonds is 3. The van der Waals surface area contributed by atoms with Gasteiger partial charge in [-0.2, -0.15) is 0 Å². The molecule has 1 saturated carbocycles. The third-order valence-corrected chi connectivity index (χ3v) is 6.12. The van der Waals surface area contributed by atoms with Crippen LogP contribution in [0, 0.1) is 0 Å². The first kappa shape index (κ1) is 12.6. The van der Waals surface area contributed by atoms with Crippen molar-refractivity contribution in [2.45, 2.75) is 23.0 Å². The molecule has 21 heavy (non-hydrogen) atoms. The Labute approximate surface area is 122 Å². The first-order valence-corrected chi connectivity index (χ1v) is 8.47. The molecule has 4 nitrogen and oxygen atoms in total. The molecule has 1 aliphatic rings. The van der Waals surface area contributed by atoms with Crippen molar-refractivity contribution >= 4 is 20.9 Å². The SMILES string of the molecule is O=S(=O)(c1cccc(-c2cnc3[nH]ccc3c2)c1)C1CC1. The Morgan fingerprint density at radius 2 is 1.95 bits per heavy atom. The van der Waals surface area contributed by atoms with Gasteiger partial charge in [0.25, 0.3) is 0 Å². The zero-order valence-electron chi connectivity index (χ0n) is 11.3. The van der Waals surface area contributed by atoms with Crippen molar-refractivity contribution in [2.75, 3.05) is 0 Å². The lowest BCUT2D eigenvalue weighted by Crippen LogP contribution is -2.06. The van der Waals surface area contributed by atoms with E-state index in [2.05, 4.69) is 9.97 Å². The molecule has 0 spiro atoms. The third kappa shape index (κ3) is 2.14. The van der Waals surface area contributed by atoms with E-state index in [-0.39, 0.29) is 5.25 Å². The number of nitrogens with zero attached hydrogens (tertiary/aromatic N) is 1. The van der Waals surface area contributed by atoms with Gasteiger partial charge < -0.3 is 4.98 Å². The van der Waals surface area contributed by atoms with Crippen LogP contribution in [-0.2, 0) is 9.84 Å². The van der Waals surface area contributed by atoms with Gasteiger partial charge in [0.1, 0.15) is 5.65 Å². The fourth-order valence-electron chi connectivity index (χ4n) is 2.52. The fraction of sp³-hybridized carbons (Fsp3) is 0.188. The monoisotopic (exact) mass is 298 g/mol. The van der Waals surface area contributed by atoms with E-state index in [4.69, 9.17) is 0 Å². The molecule has 2 aromatic heterocycles. The minimum atomic E-state index is -3.15. The van der Waals surface area contributed by atoms with Crippen LogP contribution in [0.5, 0.6) is 0 Å². The minimum absolute atomic E-state index is 0.182. The lowest BCUT2D eigenvalue weighted by atomic mass is 10.1. The van der Waals surface area contributed by atoms with Crippen molar-refractivity contribution in [3.05, 3.63) is 48.8 Å². The van der Waals surface area contributed by atoms with Crippen LogP contribution in [0.1, 0.15) is 12.8 Å². The summed E-state index contributed by atoms with van der Waals surface area (Å²) < 4.78 is 24.7. The highest BCUT2D eigenvalue weighted by Crippen LogP contribution is 2.34. The fourth-order valence-corrected chi connectivity index (χ4v) is 4.22. The third-order valence-electron chi connectivity index (χ3n) is 3.86. The Balaban J connectivity index is 1.81. The van der Waals surface area contributed by atoms with E-state index in [1.165, 1.54) is 0 Å². The van der Waals surface area contributed by atoms with Crippen molar-refractivity contribution in [3.63, 3.8) is 0 Å². The number of sulfone groups is 1. The van der Waals surface area contributed by atoms with E-state index in [1.807, 2.05) is 24.4 Å². The van der Waals surface area contributed by atoms with Crippen LogP contribution in [0.3, 0.4) is 0 Å². The van der Waals surface area contributed by atoms with Gasteiger partial charge in [0.05, 0.1) is 10.1 Å². The molecule has 0 bridgehead atoms. The number of H-pyrrole nitrogens is 1. The van der Waals surface area contributed by atoms with Crippen molar-refractivity contribution in [2.24, 2.45) is 0 Å². The lowest BCUT2D eigenvalue weighted by molar-refractivity contribution is 0.595. The van der Waals surface area contributed by atoms with Gasteiger partial charge in [-0.3, -0.25) is 0 Å². The van der Waals surface area contributed by atoms with E-state index in [0.717, 1.165) is 35.0 Å². The average Bonchev–Trinajstić information content (AvgIpc) is 3.26. The Hall–Kier alpha value is -2.14. The smallest absolute Gasteiger partial charge is 0.181 e. The van der Waals surface area contributed by atoms with Crippen LogP contribution in [-0.4, -0.2) is 23.6 Å². The molecule has 4 rings (SSSR count). The van der Waals surface area contributed by atoms with Gasteiger partial charge >= 0.3 is 0 Å². The van der Waals surface area contributed by atoms with Crippen molar-refractivity contribution in [1.82, 2.24) is 9.97 Å². The molecule has 2 heterocycles. The normalized spacial score (nSPS) is 15.4. The average molecular weight is 298 g/mol. The van der Waals surface area contributed by atoms with Gasteiger partial charge in [0, 0.05) is 23.3 Å². The standard InChI is InChI=1S/C16H14N2O2S/c19-21(20,14-4-5-14)15-3-1-2-11(9-15)13-8-12-6-7-17-16(12)18-10-13/h1-3,6-10,14H,4-5H2,(H,17,18). The molecule has 1 N–H and O–H groups in total. The second kappa shape index (κ2) is 4.43. The number of benzene rings is 1. The number of pyridine rings is 1. The molecule has 1 aliphatic carbocycles. The van der Waals surface area contributed by atoms with Crippen LogP contribution < -0.4 is 0 Å². The molecule has 5 heteroatoms. The maximum atomic E-state index is 12.3. The maximum absolute atomic E-state index is 12.3. The molecule has 0 aliphatic heterocycles. The summed E-state index contributed by atoms with van der Waals surface area (Å²) in [6.45, 7) is 0. The van der Waals surface area contributed by atoms with Gasteiger partial charge in [0.15, 0.2) is 9.84 Å². The van der Waals surface area contributed by atoms with Crippen LogP contribution in [0.25, 0.3) is 22.2 Å². The van der Waals surface area contributed by atoms with Crippen molar-refractivity contribution in [3.8, 4) is 11.1 Å². The molecule has 0 radical (unpaired) electrons. The summed E-state index contributed by atoms with van der Waals surface area (Å²) in [5, 5.41) is 0.834. The number of hydrogen-bond donors (Lipinski definition) is 1. The first-order chi connectivity index (χ1) is 10.1. The van der Waals surface area contributed by atoms with Crippen LogP contribution in [0.4, 0.5) is 0 Å². The van der Waals surface area contributed by atoms with E-state index < -0.39 is 9.84 Å². The Bertz CT molecular complexity index is 924. The van der Waals surface area contributed by atoms with E-state index in [1.54, 1.807) is 24.4 Å². The zero-order valence-corrected chi connectivity index (χ0v) is 12.1. The van der Waals surface area contributed by atoms with Crippen molar-refractivity contribution in [1.29, 1.82) is 0 Å². The second-order valence-corrected chi connectivity index (χ2v) is 7.64. The van der Waals surface area contributed by atoms with Crippen LogP contribution in [0.15, 0.2) is 53.7 Å². The number of hydrogen-bond acceptors (Lipinski definition) is 3. The summed E-state index contributed by atoms with van der Waals surface area (Å²) in [4.78, 5) is 7.82. The molecule has 1 aromatic carbocycles. The molecule has 0 atom stereocenters. The highest BCUT2D eigenvalue weighted by atomic mass is 32.2. The molecule has 106 valence electrons. The molecular weight excluding hydrogens is 284 g/mol. The summed E-state index contributed by atoms with van der Waals surface area (Å²) in [5.41, 5.74) is 2.64. The molecule has 0 unspecified atom stereocenters. The van der Waals surface area contributed by atoms with Gasteiger partial charge in [-0.15, -0.1) is 0 Å². The molecule has 3 aromatic rings. The Morgan fingerprint density at radius 1 is 1.10 bits per heavy atom. The largest absolute Gasteiger partial charge is 0.346 e. The van der Waals surface area contributed by atoms with E-state index >= 15 is 0 Å². The molecule has 1 fully saturated rings. The van der Waals surface area contributed by atoms with E-state index in [0.29, 0.717) is 4.90 Å². The summed E-state index contributed by atoms with van der Waals surface area (Å²) in [5.74, 6) is 0. The second-order valence-electron chi connectivity index (χ2n) is 5.41. The highest BCUT2D eigenvalue weighted by Gasteiger charge is 2.36. The number of fused-ring (bicyclic) bond motifs is 1. The summed E-state index contributed by atoms with van der Waals surface area (Å²) >= 11 is 0. The zero-order chi connectivity index (χ0) is 14.4. The first-order valence-electron chi connectivity index (χ1n) is 6.92. The van der Waals surface area contributed by atoms with Gasteiger partial charge in [0.2, 0.25) is 0 Å². The van der Waals surface area contributed by atoms with Gasteiger partial charge in [-0.25, -0.2) is 13.4 Å². The number of aromatic nitrogens is 2. The maximum Gasteiger partial charge on any atom is 0.181 e.